The fourth-order valence-corrected chi connectivity index (χ4v) is 3.05. The lowest BCUT2D eigenvalue weighted by molar-refractivity contribution is -0.133. The van der Waals surface area contributed by atoms with E-state index in [1.807, 2.05) is 0 Å². The van der Waals surface area contributed by atoms with Crippen molar-refractivity contribution in [2.45, 2.75) is 37.5 Å². The Labute approximate surface area is 134 Å². The van der Waals surface area contributed by atoms with Gasteiger partial charge in [0, 0.05) is 31.9 Å². The molecule has 2 aliphatic rings. The number of hydrogen-bond donors (Lipinski definition) is 1. The molecule has 120 valence electrons. The third kappa shape index (κ3) is 3.32. The molecule has 23 heavy (non-hydrogen) atoms. The topological polar surface area (TPSA) is 95.3 Å². The van der Waals surface area contributed by atoms with E-state index in [9.17, 15) is 9.59 Å². The minimum absolute atomic E-state index is 0.0750. The smallest absolute Gasteiger partial charge is 0.340 e. The number of rotatable bonds is 3. The number of nitrogens with zero attached hydrogens (tertiary/aromatic N) is 3. The molecule has 0 spiro atoms. The van der Waals surface area contributed by atoms with Gasteiger partial charge in [0.05, 0.1) is 17.7 Å². The van der Waals surface area contributed by atoms with Crippen LogP contribution < -0.4 is 5.32 Å². The molecule has 0 bridgehead atoms. The Morgan fingerprint density at radius 2 is 2.35 bits per heavy atom. The molecule has 2 aliphatic heterocycles. The molecule has 1 aromatic heterocycles. The van der Waals surface area contributed by atoms with Gasteiger partial charge in [-0.15, -0.1) is 0 Å². The number of amides is 1. The van der Waals surface area contributed by atoms with Crippen LogP contribution in [0.3, 0.4) is 0 Å². The van der Waals surface area contributed by atoms with Crippen molar-refractivity contribution < 1.29 is 14.3 Å². The lowest BCUT2D eigenvalue weighted by Gasteiger charge is -2.23. The number of nitrogens with one attached hydrogen (secondary N) is 1. The molecule has 0 saturated carbocycles. The second kappa shape index (κ2) is 6.75. The molecule has 3 atom stereocenters. The highest BCUT2D eigenvalue weighted by atomic mass is 16.5. The standard InChI is InChI=1S/C16H18N4O3/c17-8-12-4-2-6-20(12)15(21)14-7-13(10-19-14)23-16(22)11-3-1-5-18-9-11/h1,3,5,9,12-14,19H,2,4,6-7,10H2/t12?,13-,14-/m0/s1. The first-order valence-electron chi connectivity index (χ1n) is 7.73. The first-order valence-corrected chi connectivity index (χ1v) is 7.73. The van der Waals surface area contributed by atoms with Gasteiger partial charge in [-0.1, -0.05) is 0 Å². The highest BCUT2D eigenvalue weighted by Crippen LogP contribution is 2.21. The second-order valence-corrected chi connectivity index (χ2v) is 5.78. The number of likely N-dealkylation sites (tertiary alicyclic amines) is 1. The van der Waals surface area contributed by atoms with Crippen LogP contribution in [0.15, 0.2) is 24.5 Å². The molecule has 1 amide bonds. The van der Waals surface area contributed by atoms with E-state index in [-0.39, 0.29) is 18.1 Å². The normalized spacial score (nSPS) is 26.7. The van der Waals surface area contributed by atoms with E-state index >= 15 is 0 Å². The fourth-order valence-electron chi connectivity index (χ4n) is 3.05. The second-order valence-electron chi connectivity index (χ2n) is 5.78. The van der Waals surface area contributed by atoms with Crippen molar-refractivity contribution in [3.63, 3.8) is 0 Å². The van der Waals surface area contributed by atoms with Crippen molar-refractivity contribution in [1.82, 2.24) is 15.2 Å². The first-order chi connectivity index (χ1) is 11.2. The van der Waals surface area contributed by atoms with Crippen molar-refractivity contribution in [2.24, 2.45) is 0 Å². The van der Waals surface area contributed by atoms with Crippen LogP contribution in [-0.4, -0.2) is 53.0 Å². The highest BCUT2D eigenvalue weighted by molar-refractivity contribution is 5.89. The lowest BCUT2D eigenvalue weighted by atomic mass is 10.1. The maximum atomic E-state index is 12.5. The van der Waals surface area contributed by atoms with E-state index in [1.165, 1.54) is 6.20 Å². The average Bonchev–Trinajstić information content (AvgIpc) is 3.24. The molecule has 0 aliphatic carbocycles. The molecule has 0 aromatic carbocycles. The number of carbonyl (C=O) groups excluding carboxylic acids is 2. The molecule has 3 heterocycles. The van der Waals surface area contributed by atoms with Crippen LogP contribution in [0.5, 0.6) is 0 Å². The zero-order valence-electron chi connectivity index (χ0n) is 12.6. The molecule has 1 aromatic rings. The van der Waals surface area contributed by atoms with E-state index in [0.29, 0.717) is 25.1 Å². The molecule has 3 rings (SSSR count). The predicted octanol–water partition coefficient (Wildman–Crippen LogP) is 0.483. The van der Waals surface area contributed by atoms with Crippen molar-refractivity contribution in [1.29, 1.82) is 5.26 Å². The minimum Gasteiger partial charge on any atom is -0.457 e. The summed E-state index contributed by atoms with van der Waals surface area (Å²) >= 11 is 0. The third-order valence-electron chi connectivity index (χ3n) is 4.24. The summed E-state index contributed by atoms with van der Waals surface area (Å²) in [6.45, 7) is 1.06. The van der Waals surface area contributed by atoms with E-state index in [1.54, 1.807) is 23.2 Å². The Morgan fingerprint density at radius 3 is 3.09 bits per heavy atom. The van der Waals surface area contributed by atoms with Gasteiger partial charge in [-0.05, 0) is 25.0 Å². The van der Waals surface area contributed by atoms with Crippen molar-refractivity contribution >= 4 is 11.9 Å². The van der Waals surface area contributed by atoms with Gasteiger partial charge in [-0.3, -0.25) is 9.78 Å². The first kappa shape index (κ1) is 15.4. The molecule has 1 N–H and O–H groups in total. The Balaban J connectivity index is 1.55. The quantitative estimate of drug-likeness (QED) is 0.816. The maximum Gasteiger partial charge on any atom is 0.340 e. The summed E-state index contributed by atoms with van der Waals surface area (Å²) < 4.78 is 5.42. The van der Waals surface area contributed by atoms with Gasteiger partial charge in [0.1, 0.15) is 12.1 Å². The summed E-state index contributed by atoms with van der Waals surface area (Å²) in [5.41, 5.74) is 0.395. The average molecular weight is 314 g/mol. The number of ether oxygens (including phenoxy) is 1. The van der Waals surface area contributed by atoms with Crippen LogP contribution in [0.25, 0.3) is 0 Å². The molecule has 1 unspecified atom stereocenters. The van der Waals surface area contributed by atoms with Crippen LogP contribution in [0.2, 0.25) is 0 Å². The summed E-state index contributed by atoms with van der Waals surface area (Å²) in [4.78, 5) is 30.0. The van der Waals surface area contributed by atoms with Crippen LogP contribution in [0.1, 0.15) is 29.6 Å². The lowest BCUT2D eigenvalue weighted by Crippen LogP contribution is -2.45. The summed E-state index contributed by atoms with van der Waals surface area (Å²) in [5.74, 6) is -0.511. The van der Waals surface area contributed by atoms with Gasteiger partial charge < -0.3 is 15.0 Å². The number of nitriles is 1. The van der Waals surface area contributed by atoms with Crippen molar-refractivity contribution in [2.75, 3.05) is 13.1 Å². The SMILES string of the molecule is N#CC1CCCN1C(=O)[C@@H]1C[C@H](OC(=O)c2cccnc2)CN1. The van der Waals surface area contributed by atoms with Crippen LogP contribution in [0, 0.1) is 11.3 Å². The van der Waals surface area contributed by atoms with E-state index in [2.05, 4.69) is 16.4 Å². The van der Waals surface area contributed by atoms with Crippen molar-refractivity contribution in [3.8, 4) is 6.07 Å². The summed E-state index contributed by atoms with van der Waals surface area (Å²) in [7, 11) is 0. The number of carbonyl (C=O) groups is 2. The predicted molar refractivity (Wildman–Crippen MR) is 80.2 cm³/mol. The van der Waals surface area contributed by atoms with Crippen LogP contribution in [-0.2, 0) is 9.53 Å². The number of esters is 1. The summed E-state index contributed by atoms with van der Waals surface area (Å²) in [6, 6.07) is 4.76. The molecule has 7 nitrogen and oxygen atoms in total. The monoisotopic (exact) mass is 314 g/mol. The molecule has 2 saturated heterocycles. The van der Waals surface area contributed by atoms with Gasteiger partial charge >= 0.3 is 5.97 Å². The largest absolute Gasteiger partial charge is 0.457 e. The Hall–Kier alpha value is -2.46. The van der Waals surface area contributed by atoms with Gasteiger partial charge in [-0.2, -0.15) is 5.26 Å². The van der Waals surface area contributed by atoms with E-state index < -0.39 is 12.0 Å². The zero-order chi connectivity index (χ0) is 16.2. The molecule has 7 heteroatoms. The molecular weight excluding hydrogens is 296 g/mol. The highest BCUT2D eigenvalue weighted by Gasteiger charge is 2.38. The van der Waals surface area contributed by atoms with Gasteiger partial charge in [0.15, 0.2) is 0 Å². The molecular formula is C16H18N4O3. The Bertz CT molecular complexity index is 628. The van der Waals surface area contributed by atoms with Gasteiger partial charge in [0.2, 0.25) is 5.91 Å². The summed E-state index contributed by atoms with van der Waals surface area (Å²) in [5, 5.41) is 12.2. The van der Waals surface area contributed by atoms with Gasteiger partial charge in [0.25, 0.3) is 0 Å². The number of pyridine rings is 1. The Morgan fingerprint density at radius 1 is 1.48 bits per heavy atom. The zero-order valence-corrected chi connectivity index (χ0v) is 12.6. The summed E-state index contributed by atoms with van der Waals surface area (Å²) in [6.07, 6.45) is 4.71. The van der Waals surface area contributed by atoms with E-state index in [4.69, 9.17) is 10.00 Å². The number of hydrogen-bond acceptors (Lipinski definition) is 6. The Kier molecular flexibility index (Phi) is 4.53. The third-order valence-corrected chi connectivity index (χ3v) is 4.24. The number of aromatic nitrogens is 1. The molecule has 2 fully saturated rings. The maximum absolute atomic E-state index is 12.5. The minimum atomic E-state index is -0.436. The molecule has 0 radical (unpaired) electrons. The van der Waals surface area contributed by atoms with Crippen LogP contribution >= 0.6 is 0 Å². The van der Waals surface area contributed by atoms with Crippen molar-refractivity contribution in [3.05, 3.63) is 30.1 Å². The van der Waals surface area contributed by atoms with Gasteiger partial charge in [-0.25, -0.2) is 4.79 Å². The fraction of sp³-hybridized carbons (Fsp3) is 0.500. The van der Waals surface area contributed by atoms with E-state index in [0.717, 1.165) is 12.8 Å². The van der Waals surface area contributed by atoms with Crippen LogP contribution in [0.4, 0.5) is 0 Å².